The van der Waals surface area contributed by atoms with Gasteiger partial charge in [0.25, 0.3) is 0 Å². The Hall–Kier alpha value is -1.62. The minimum Gasteiger partial charge on any atom is -0.490 e. The lowest BCUT2D eigenvalue weighted by molar-refractivity contribution is 0.366. The van der Waals surface area contributed by atoms with Gasteiger partial charge >= 0.3 is 0 Å². The minimum atomic E-state index is -1.82. The fourth-order valence-electron chi connectivity index (χ4n) is 3.84. The van der Waals surface area contributed by atoms with Crippen LogP contribution in [0, 0.1) is 0 Å². The number of fused-ring (bicyclic) bond motifs is 3. The number of para-hydroxylation sites is 1. The topological polar surface area (TPSA) is 9.23 Å². The quantitative estimate of drug-likeness (QED) is 0.418. The van der Waals surface area contributed by atoms with Crippen LogP contribution >= 0.6 is 22.7 Å². The van der Waals surface area contributed by atoms with Crippen LogP contribution in [0.4, 0.5) is 0 Å². The van der Waals surface area contributed by atoms with Crippen LogP contribution in [-0.4, -0.2) is 14.7 Å². The van der Waals surface area contributed by atoms with Gasteiger partial charge in [0.05, 0.1) is 8.07 Å². The molecular weight excluding hydrogens is 348 g/mol. The van der Waals surface area contributed by atoms with E-state index in [1.807, 2.05) is 28.7 Å². The van der Waals surface area contributed by atoms with E-state index in [2.05, 4.69) is 66.8 Å². The SMILES string of the molecule is C=CCOc1ccccc1[Si](C)(C)C1c2ccsc2-c2sccc21. The summed E-state index contributed by atoms with van der Waals surface area (Å²) in [6.07, 6.45) is 1.81. The summed E-state index contributed by atoms with van der Waals surface area (Å²) in [4.78, 5) is 2.96. The molecular formula is C20H20OS2Si. The summed E-state index contributed by atoms with van der Waals surface area (Å²) in [5.74, 6) is 1.02. The van der Waals surface area contributed by atoms with Gasteiger partial charge in [0.2, 0.25) is 0 Å². The van der Waals surface area contributed by atoms with Crippen molar-refractivity contribution < 1.29 is 4.74 Å². The average Bonchev–Trinajstić information content (AvgIpc) is 3.26. The fourth-order valence-corrected chi connectivity index (χ4v) is 9.79. The molecule has 122 valence electrons. The molecule has 0 atom stereocenters. The predicted molar refractivity (Wildman–Crippen MR) is 109 cm³/mol. The molecule has 0 aliphatic heterocycles. The van der Waals surface area contributed by atoms with Crippen LogP contribution in [-0.2, 0) is 0 Å². The van der Waals surface area contributed by atoms with Crippen molar-refractivity contribution in [2.24, 2.45) is 0 Å². The van der Waals surface area contributed by atoms with Crippen molar-refractivity contribution in [2.75, 3.05) is 6.61 Å². The lowest BCUT2D eigenvalue weighted by Gasteiger charge is -2.32. The van der Waals surface area contributed by atoms with Crippen LogP contribution in [0.15, 0.2) is 59.8 Å². The molecule has 0 unspecified atom stereocenters. The first kappa shape index (κ1) is 15.9. The van der Waals surface area contributed by atoms with Gasteiger partial charge in [-0.2, -0.15) is 0 Å². The summed E-state index contributed by atoms with van der Waals surface area (Å²) in [6.45, 7) is 9.28. The van der Waals surface area contributed by atoms with Crippen LogP contribution in [0.1, 0.15) is 16.7 Å². The van der Waals surface area contributed by atoms with Crippen LogP contribution in [0.5, 0.6) is 5.75 Å². The van der Waals surface area contributed by atoms with Crippen molar-refractivity contribution in [2.45, 2.75) is 18.6 Å². The highest BCUT2D eigenvalue weighted by molar-refractivity contribution is 7.21. The number of rotatable bonds is 5. The highest BCUT2D eigenvalue weighted by Crippen LogP contribution is 2.53. The Morgan fingerprint density at radius 3 is 2.29 bits per heavy atom. The number of hydrogen-bond acceptors (Lipinski definition) is 3. The predicted octanol–water partition coefficient (Wildman–Crippen LogP) is 5.64. The number of benzene rings is 1. The molecule has 0 saturated carbocycles. The largest absolute Gasteiger partial charge is 0.490 e. The molecule has 0 saturated heterocycles. The van der Waals surface area contributed by atoms with Gasteiger partial charge < -0.3 is 4.74 Å². The van der Waals surface area contributed by atoms with Crippen LogP contribution in [0.3, 0.4) is 0 Å². The second-order valence-corrected chi connectivity index (χ2v) is 13.1. The average molecular weight is 369 g/mol. The molecule has 0 fully saturated rings. The minimum absolute atomic E-state index is 0.508. The molecule has 4 rings (SSSR count). The summed E-state index contributed by atoms with van der Waals surface area (Å²) in [5.41, 5.74) is 3.56. The van der Waals surface area contributed by atoms with Gasteiger partial charge in [-0.3, -0.25) is 0 Å². The molecule has 0 N–H and O–H groups in total. The van der Waals surface area contributed by atoms with E-state index in [1.54, 1.807) is 0 Å². The molecule has 0 bridgehead atoms. The lowest BCUT2D eigenvalue weighted by atomic mass is 10.2. The molecule has 3 aromatic rings. The van der Waals surface area contributed by atoms with Gasteiger partial charge in [0.15, 0.2) is 0 Å². The second kappa shape index (κ2) is 6.03. The van der Waals surface area contributed by atoms with Crippen molar-refractivity contribution in [1.82, 2.24) is 0 Å². The van der Waals surface area contributed by atoms with Gasteiger partial charge in [-0.05, 0) is 45.3 Å². The van der Waals surface area contributed by atoms with E-state index < -0.39 is 8.07 Å². The number of hydrogen-bond donors (Lipinski definition) is 0. The molecule has 2 aromatic heterocycles. The smallest absolute Gasteiger partial charge is 0.119 e. The number of thiophene rings is 2. The van der Waals surface area contributed by atoms with Crippen molar-refractivity contribution in [3.05, 3.63) is 70.9 Å². The zero-order valence-corrected chi connectivity index (χ0v) is 16.5. The number of ether oxygens (including phenoxy) is 1. The van der Waals surface area contributed by atoms with E-state index in [1.165, 1.54) is 26.1 Å². The Kier molecular flexibility index (Phi) is 3.99. The van der Waals surface area contributed by atoms with Crippen LogP contribution in [0.2, 0.25) is 13.1 Å². The van der Waals surface area contributed by atoms with Crippen molar-refractivity contribution in [3.63, 3.8) is 0 Å². The first-order valence-corrected chi connectivity index (χ1v) is 13.0. The van der Waals surface area contributed by atoms with Gasteiger partial charge in [-0.25, -0.2) is 0 Å². The van der Waals surface area contributed by atoms with Crippen molar-refractivity contribution in [1.29, 1.82) is 0 Å². The molecule has 4 heteroatoms. The van der Waals surface area contributed by atoms with E-state index in [4.69, 9.17) is 4.74 Å². The first-order valence-electron chi connectivity index (χ1n) is 8.13. The molecule has 0 radical (unpaired) electrons. The third-order valence-corrected chi connectivity index (χ3v) is 10.8. The van der Waals surface area contributed by atoms with Crippen molar-refractivity contribution in [3.8, 4) is 15.5 Å². The van der Waals surface area contributed by atoms with Crippen LogP contribution in [0.25, 0.3) is 9.75 Å². The fraction of sp³-hybridized carbons (Fsp3) is 0.200. The molecule has 1 aliphatic rings. The van der Waals surface area contributed by atoms with Gasteiger partial charge in [0.1, 0.15) is 12.4 Å². The molecule has 24 heavy (non-hydrogen) atoms. The summed E-state index contributed by atoms with van der Waals surface area (Å²) in [5, 5.41) is 5.88. The van der Waals surface area contributed by atoms with Crippen LogP contribution < -0.4 is 9.92 Å². The Morgan fingerprint density at radius 1 is 1.04 bits per heavy atom. The maximum atomic E-state index is 5.99. The standard InChI is InChI=1S/C20H20OS2Si/c1-4-11-21-16-7-5-6-8-17(16)24(2,3)20-14-9-12-22-18(14)19-15(20)10-13-23-19/h4-10,12-13,20H,1,11H2,2-3H3. The van der Waals surface area contributed by atoms with Gasteiger partial charge in [0, 0.05) is 15.3 Å². The summed E-state index contributed by atoms with van der Waals surface area (Å²) in [7, 11) is -1.82. The highest BCUT2D eigenvalue weighted by Gasteiger charge is 2.44. The first-order chi connectivity index (χ1) is 11.6. The van der Waals surface area contributed by atoms with Crippen molar-refractivity contribution >= 4 is 35.9 Å². The monoisotopic (exact) mass is 368 g/mol. The third-order valence-electron chi connectivity index (χ3n) is 4.88. The molecule has 1 nitrogen and oxygen atoms in total. The van der Waals surface area contributed by atoms with E-state index in [9.17, 15) is 0 Å². The Balaban J connectivity index is 1.84. The second-order valence-electron chi connectivity index (χ2n) is 6.66. The summed E-state index contributed by atoms with van der Waals surface area (Å²) in [6, 6.07) is 13.2. The van der Waals surface area contributed by atoms with E-state index in [0.717, 1.165) is 5.75 Å². The highest BCUT2D eigenvalue weighted by atomic mass is 32.1. The summed E-state index contributed by atoms with van der Waals surface area (Å²) < 4.78 is 5.99. The molecule has 1 aliphatic carbocycles. The lowest BCUT2D eigenvalue weighted by Crippen LogP contribution is -2.48. The zero-order chi connectivity index (χ0) is 16.7. The van der Waals surface area contributed by atoms with E-state index >= 15 is 0 Å². The van der Waals surface area contributed by atoms with Gasteiger partial charge in [-0.15, -0.1) is 22.7 Å². The maximum Gasteiger partial charge on any atom is 0.119 e. The summed E-state index contributed by atoms with van der Waals surface area (Å²) >= 11 is 3.76. The van der Waals surface area contributed by atoms with E-state index in [0.29, 0.717) is 12.1 Å². The third kappa shape index (κ3) is 2.32. The molecule has 2 heterocycles. The van der Waals surface area contributed by atoms with Gasteiger partial charge in [-0.1, -0.05) is 43.9 Å². The molecule has 0 spiro atoms. The Morgan fingerprint density at radius 2 is 1.67 bits per heavy atom. The molecule has 1 aromatic carbocycles. The van der Waals surface area contributed by atoms with E-state index in [-0.39, 0.29) is 0 Å². The Labute approximate surface area is 152 Å². The normalized spacial score (nSPS) is 13.6. The zero-order valence-electron chi connectivity index (χ0n) is 13.9. The Bertz CT molecular complexity index is 850. The molecule has 0 amide bonds. The maximum absolute atomic E-state index is 5.99.